The van der Waals surface area contributed by atoms with Crippen molar-refractivity contribution in [2.24, 2.45) is 0 Å². The van der Waals surface area contributed by atoms with Crippen LogP contribution in [0.4, 0.5) is 5.69 Å². The molecular weight excluding hydrogens is 404 g/mol. The molecule has 1 aliphatic heterocycles. The van der Waals surface area contributed by atoms with Crippen molar-refractivity contribution < 1.29 is 9.53 Å². The van der Waals surface area contributed by atoms with Crippen molar-refractivity contribution in [2.45, 2.75) is 38.3 Å². The van der Waals surface area contributed by atoms with Crippen LogP contribution in [0.1, 0.15) is 37.2 Å². The summed E-state index contributed by atoms with van der Waals surface area (Å²) >= 11 is 0. The lowest BCUT2D eigenvalue weighted by Crippen LogP contribution is -2.27. The molecule has 160 valence electrons. The lowest BCUT2D eigenvalue weighted by Gasteiger charge is -2.30. The maximum absolute atomic E-state index is 12.9. The Morgan fingerprint density at radius 1 is 1.28 bits per heavy atom. The Hall–Kier alpha value is -3.83. The van der Waals surface area contributed by atoms with Crippen molar-refractivity contribution in [3.05, 3.63) is 60.3 Å². The van der Waals surface area contributed by atoms with Gasteiger partial charge in [-0.1, -0.05) is 0 Å². The van der Waals surface area contributed by atoms with Crippen LogP contribution < -0.4 is 5.32 Å². The van der Waals surface area contributed by atoms with E-state index in [0.717, 1.165) is 34.8 Å². The Kier molecular flexibility index (Phi) is 5.25. The van der Waals surface area contributed by atoms with E-state index >= 15 is 0 Å². The predicted octanol–water partition coefficient (Wildman–Crippen LogP) is 3.77. The van der Waals surface area contributed by atoms with E-state index < -0.39 is 0 Å². The second-order valence-corrected chi connectivity index (χ2v) is 8.05. The SMILES string of the molecule is C[C@@H]1C[C@H](n2c(CC(=O)Nc3ccncc3)nc3cnc4ccc(C#N)cc4c32)CCO1. The van der Waals surface area contributed by atoms with Gasteiger partial charge in [-0.25, -0.2) is 4.98 Å². The highest BCUT2D eigenvalue weighted by molar-refractivity contribution is 6.03. The van der Waals surface area contributed by atoms with Gasteiger partial charge in [0.2, 0.25) is 5.91 Å². The summed E-state index contributed by atoms with van der Waals surface area (Å²) < 4.78 is 7.94. The van der Waals surface area contributed by atoms with E-state index in [2.05, 4.69) is 32.8 Å². The fourth-order valence-electron chi connectivity index (χ4n) is 4.41. The Bertz CT molecular complexity index is 1340. The van der Waals surface area contributed by atoms with E-state index in [1.165, 1.54) is 0 Å². The van der Waals surface area contributed by atoms with Crippen molar-refractivity contribution >= 4 is 33.5 Å². The summed E-state index contributed by atoms with van der Waals surface area (Å²) in [6.45, 7) is 2.72. The maximum atomic E-state index is 12.9. The molecule has 3 aromatic heterocycles. The van der Waals surface area contributed by atoms with Crippen molar-refractivity contribution in [2.75, 3.05) is 11.9 Å². The van der Waals surface area contributed by atoms with Gasteiger partial charge in [0.25, 0.3) is 0 Å². The fraction of sp³-hybridized carbons (Fsp3) is 0.292. The molecule has 32 heavy (non-hydrogen) atoms. The fourth-order valence-corrected chi connectivity index (χ4v) is 4.41. The monoisotopic (exact) mass is 426 g/mol. The second kappa shape index (κ2) is 8.36. The van der Waals surface area contributed by atoms with Gasteiger partial charge < -0.3 is 14.6 Å². The molecule has 8 nitrogen and oxygen atoms in total. The highest BCUT2D eigenvalue weighted by Gasteiger charge is 2.27. The first-order valence-corrected chi connectivity index (χ1v) is 10.6. The summed E-state index contributed by atoms with van der Waals surface area (Å²) in [5, 5.41) is 13.2. The summed E-state index contributed by atoms with van der Waals surface area (Å²) in [7, 11) is 0. The molecule has 1 amide bonds. The zero-order chi connectivity index (χ0) is 22.1. The van der Waals surface area contributed by atoms with Crippen LogP contribution in [-0.4, -0.2) is 38.1 Å². The van der Waals surface area contributed by atoms with Crippen LogP contribution in [0.15, 0.2) is 48.9 Å². The number of carbonyl (C=O) groups excluding carboxylic acids is 1. The summed E-state index contributed by atoms with van der Waals surface area (Å²) in [6, 6.07) is 11.3. The van der Waals surface area contributed by atoms with Gasteiger partial charge in [0.05, 0.1) is 41.4 Å². The number of anilines is 1. The smallest absolute Gasteiger partial charge is 0.231 e. The van der Waals surface area contributed by atoms with Crippen LogP contribution >= 0.6 is 0 Å². The van der Waals surface area contributed by atoms with Gasteiger partial charge in [0, 0.05) is 36.1 Å². The molecule has 4 heterocycles. The van der Waals surface area contributed by atoms with Crippen LogP contribution in [0.25, 0.3) is 21.9 Å². The Morgan fingerprint density at radius 2 is 2.12 bits per heavy atom. The minimum Gasteiger partial charge on any atom is -0.378 e. The third-order valence-electron chi connectivity index (χ3n) is 5.82. The van der Waals surface area contributed by atoms with Crippen LogP contribution in [-0.2, 0) is 16.0 Å². The molecule has 1 aliphatic rings. The standard InChI is InChI=1S/C24H22N6O2/c1-15-10-18(6-9-32-15)30-22(12-23(31)28-17-4-7-26-8-5-17)29-21-14-27-20-3-2-16(13-25)11-19(20)24(21)30/h2-5,7-8,11,14-15,18H,6,9-10,12H2,1H3,(H,26,28,31)/t15-,18-/m1/s1. The Labute approximate surface area is 184 Å². The molecule has 4 aromatic rings. The molecule has 2 atom stereocenters. The maximum Gasteiger partial charge on any atom is 0.231 e. The number of pyridine rings is 2. The van der Waals surface area contributed by atoms with Gasteiger partial charge >= 0.3 is 0 Å². The number of nitrogens with zero attached hydrogens (tertiary/aromatic N) is 5. The largest absolute Gasteiger partial charge is 0.378 e. The number of aromatic nitrogens is 4. The van der Waals surface area contributed by atoms with E-state index in [4.69, 9.17) is 9.72 Å². The first kappa shape index (κ1) is 20.1. The third-order valence-corrected chi connectivity index (χ3v) is 5.82. The number of ether oxygens (including phenoxy) is 1. The number of carbonyl (C=O) groups is 1. The highest BCUT2D eigenvalue weighted by atomic mass is 16.5. The molecule has 0 radical (unpaired) electrons. The van der Waals surface area contributed by atoms with Gasteiger partial charge in [-0.3, -0.25) is 14.8 Å². The topological polar surface area (TPSA) is 106 Å². The van der Waals surface area contributed by atoms with Gasteiger partial charge in [0.15, 0.2) is 0 Å². The third kappa shape index (κ3) is 3.79. The molecule has 0 aliphatic carbocycles. The van der Waals surface area contributed by atoms with Crippen molar-refractivity contribution in [1.29, 1.82) is 5.26 Å². The zero-order valence-electron chi connectivity index (χ0n) is 17.7. The first-order chi connectivity index (χ1) is 15.6. The summed E-state index contributed by atoms with van der Waals surface area (Å²) in [5.74, 6) is 0.533. The van der Waals surface area contributed by atoms with Crippen molar-refractivity contribution in [3.8, 4) is 6.07 Å². The molecule has 1 N–H and O–H groups in total. The van der Waals surface area contributed by atoms with E-state index in [1.54, 1.807) is 36.8 Å². The van der Waals surface area contributed by atoms with E-state index in [-0.39, 0.29) is 24.5 Å². The average molecular weight is 426 g/mol. The van der Waals surface area contributed by atoms with Gasteiger partial charge in [-0.15, -0.1) is 0 Å². The quantitative estimate of drug-likeness (QED) is 0.532. The molecule has 0 saturated carbocycles. The summed E-state index contributed by atoms with van der Waals surface area (Å²) in [6.07, 6.45) is 6.92. The molecule has 5 rings (SSSR count). The minimum atomic E-state index is -0.150. The summed E-state index contributed by atoms with van der Waals surface area (Å²) in [4.78, 5) is 26.2. The molecule has 1 saturated heterocycles. The normalized spacial score (nSPS) is 18.5. The predicted molar refractivity (Wildman–Crippen MR) is 120 cm³/mol. The average Bonchev–Trinajstić information content (AvgIpc) is 3.17. The number of hydrogen-bond donors (Lipinski definition) is 1. The lowest BCUT2D eigenvalue weighted by molar-refractivity contribution is -0.115. The number of nitriles is 1. The van der Waals surface area contributed by atoms with E-state index in [1.807, 2.05) is 12.1 Å². The Balaban J connectivity index is 1.63. The molecular formula is C24H22N6O2. The zero-order valence-corrected chi connectivity index (χ0v) is 17.7. The second-order valence-electron chi connectivity index (χ2n) is 8.05. The molecule has 0 unspecified atom stereocenters. The highest BCUT2D eigenvalue weighted by Crippen LogP contribution is 2.34. The number of nitrogens with one attached hydrogen (secondary N) is 1. The number of benzene rings is 1. The molecule has 1 fully saturated rings. The number of imidazole rings is 1. The van der Waals surface area contributed by atoms with Crippen LogP contribution in [0.2, 0.25) is 0 Å². The molecule has 0 bridgehead atoms. The van der Waals surface area contributed by atoms with E-state index in [9.17, 15) is 10.1 Å². The number of amides is 1. The van der Waals surface area contributed by atoms with Crippen LogP contribution in [0.5, 0.6) is 0 Å². The lowest BCUT2D eigenvalue weighted by atomic mass is 10.0. The van der Waals surface area contributed by atoms with Gasteiger partial charge in [-0.05, 0) is 50.1 Å². The van der Waals surface area contributed by atoms with Gasteiger partial charge in [0.1, 0.15) is 11.3 Å². The molecule has 1 aromatic carbocycles. The van der Waals surface area contributed by atoms with Crippen molar-refractivity contribution in [3.63, 3.8) is 0 Å². The number of fused-ring (bicyclic) bond motifs is 3. The van der Waals surface area contributed by atoms with E-state index in [0.29, 0.717) is 23.7 Å². The van der Waals surface area contributed by atoms with Crippen LogP contribution in [0.3, 0.4) is 0 Å². The number of hydrogen-bond acceptors (Lipinski definition) is 6. The molecule has 0 spiro atoms. The first-order valence-electron chi connectivity index (χ1n) is 10.6. The van der Waals surface area contributed by atoms with Gasteiger partial charge in [-0.2, -0.15) is 5.26 Å². The number of rotatable bonds is 4. The minimum absolute atomic E-state index is 0.118. The molecule has 8 heteroatoms. The summed E-state index contributed by atoms with van der Waals surface area (Å²) in [5.41, 5.74) is 3.69. The van der Waals surface area contributed by atoms with Crippen molar-refractivity contribution in [1.82, 2.24) is 19.5 Å². The Morgan fingerprint density at radius 3 is 2.91 bits per heavy atom. The van der Waals surface area contributed by atoms with Crippen LogP contribution in [0, 0.1) is 11.3 Å².